The van der Waals surface area contributed by atoms with Crippen molar-refractivity contribution in [1.29, 1.82) is 0 Å². The van der Waals surface area contributed by atoms with Gasteiger partial charge in [-0.25, -0.2) is 0 Å². The van der Waals surface area contributed by atoms with Gasteiger partial charge >= 0.3 is 0 Å². The Bertz CT molecular complexity index is 7.61. The van der Waals surface area contributed by atoms with Crippen LogP contribution in [0.15, 0.2) is 0 Å². The van der Waals surface area contributed by atoms with Gasteiger partial charge in [0, 0.05) is 37.1 Å². The maximum Gasteiger partial charge on any atom is 0 e. The zero-order valence-corrected chi connectivity index (χ0v) is 5.81. The Balaban J connectivity index is 0. The van der Waals surface area contributed by atoms with Gasteiger partial charge in [0.25, 0.3) is 0 Å². The third-order valence-corrected chi connectivity index (χ3v) is 0. The van der Waals surface area contributed by atoms with Crippen molar-refractivity contribution in [2.75, 3.05) is 0 Å². The van der Waals surface area contributed by atoms with E-state index in [0.717, 1.165) is 0 Å². The fourth-order valence-electron chi connectivity index (χ4n) is 0. The van der Waals surface area contributed by atoms with Gasteiger partial charge in [-0.3, -0.25) is 0 Å². The average molecular weight is 168 g/mol. The maximum absolute atomic E-state index is 0. The Morgan fingerprint density at radius 1 is 0.600 bits per heavy atom. The predicted molar refractivity (Wildman–Crippen MR) is 24.6 cm³/mol. The van der Waals surface area contributed by atoms with E-state index in [1.165, 1.54) is 0 Å². The van der Waals surface area contributed by atoms with Crippen molar-refractivity contribution in [2.45, 2.75) is 14.9 Å². The molecule has 1 unspecified atom stereocenters. The van der Waals surface area contributed by atoms with Crippen LogP contribution in [-0.4, -0.2) is 0 Å². The van der Waals surface area contributed by atoms with Gasteiger partial charge in [-0.15, -0.1) is 0 Å². The van der Waals surface area contributed by atoms with Crippen LogP contribution >= 0.6 is 9.90 Å². The molecule has 34 valence electrons. The van der Waals surface area contributed by atoms with E-state index >= 15 is 0 Å². The Morgan fingerprint density at radius 3 is 0.600 bits per heavy atom. The van der Waals surface area contributed by atoms with E-state index in [2.05, 4.69) is 0 Å². The summed E-state index contributed by atoms with van der Waals surface area (Å²) in [6.45, 7) is 0. The normalized spacial score (nSPS) is 0. The topological polar surface area (TPSA) is 0 Å². The smallest absolute Gasteiger partial charge is 0 e. The molecule has 0 amide bonds. The molecule has 0 saturated carbocycles. The van der Waals surface area contributed by atoms with E-state index in [4.69, 9.17) is 0 Å². The van der Waals surface area contributed by atoms with E-state index in [0.29, 0.717) is 0 Å². The molecule has 1 atom stereocenters. The largest absolute Gasteiger partial charge is 0.153 e. The molecule has 0 rings (SSSR count). The van der Waals surface area contributed by atoms with Crippen LogP contribution < -0.4 is 0 Å². The number of hydrogen-bond acceptors (Lipinski definition) is 0. The van der Waals surface area contributed by atoms with Gasteiger partial charge in [0.05, 0.1) is 0 Å². The van der Waals surface area contributed by atoms with Crippen molar-refractivity contribution in [2.24, 2.45) is 0 Å². The molecule has 0 aliphatic heterocycles. The molecule has 0 aliphatic carbocycles. The van der Waals surface area contributed by atoms with E-state index in [1.807, 2.05) is 0 Å². The van der Waals surface area contributed by atoms with Crippen molar-refractivity contribution in [3.63, 3.8) is 0 Å². The second-order valence-electron chi connectivity index (χ2n) is 0. The molecule has 0 aromatic heterocycles. The van der Waals surface area contributed by atoms with E-state index < -0.39 is 0 Å². The van der Waals surface area contributed by atoms with Crippen molar-refractivity contribution >= 4 is 9.90 Å². The molecular weight excluding hydrogens is 157 g/mol. The van der Waals surface area contributed by atoms with E-state index in [9.17, 15) is 0 Å². The molecule has 3 heteroatoms. The summed E-state index contributed by atoms with van der Waals surface area (Å²) in [7, 11) is 0. The first kappa shape index (κ1) is 80.9. The molecule has 2 radical (unpaired) electrons. The van der Waals surface area contributed by atoms with Gasteiger partial charge in [0.2, 0.25) is 0 Å². The zero-order chi connectivity index (χ0) is 0. The summed E-state index contributed by atoms with van der Waals surface area (Å²) in [6.07, 6.45) is 0. The molecule has 0 bridgehead atoms. The molecule has 0 spiro atoms. The Labute approximate surface area is 61.9 Å². The van der Waals surface area contributed by atoms with Crippen LogP contribution in [0, 0.1) is 0 Å². The van der Waals surface area contributed by atoms with Crippen LogP contribution in [0.4, 0.5) is 0 Å². The molecule has 0 heterocycles. The van der Waals surface area contributed by atoms with Crippen LogP contribution in [0.1, 0.15) is 14.9 Å². The average Bonchev–Trinajstić information content (AvgIpc) is 0. The van der Waals surface area contributed by atoms with Crippen LogP contribution in [0.5, 0.6) is 0 Å². The van der Waals surface area contributed by atoms with E-state index in [1.54, 1.807) is 0 Å². The fourth-order valence-corrected chi connectivity index (χ4v) is 0. The number of rotatable bonds is 0. The third kappa shape index (κ3) is 28.4. The summed E-state index contributed by atoms with van der Waals surface area (Å²) in [5.41, 5.74) is 0. The predicted octanol–water partition coefficient (Wildman–Crippen LogP) is 1.33. The van der Waals surface area contributed by atoms with Crippen molar-refractivity contribution in [3.8, 4) is 0 Å². The Kier molecular flexibility index (Phi) is 750. The standard InChI is InChI=1S/2CH4.H3P.2V/h2*1H4;1H3;;. The fraction of sp³-hybridized carbons (Fsp3) is 1.00. The van der Waals surface area contributed by atoms with Gasteiger partial charge < -0.3 is 0 Å². The molecular formula is C2H11PV2. The van der Waals surface area contributed by atoms with Gasteiger partial charge in [0.15, 0.2) is 0 Å². The van der Waals surface area contributed by atoms with Crippen molar-refractivity contribution < 1.29 is 37.1 Å². The molecule has 5 heavy (non-hydrogen) atoms. The Hall–Kier alpha value is 1.60. The van der Waals surface area contributed by atoms with Gasteiger partial charge in [-0.1, -0.05) is 14.9 Å². The van der Waals surface area contributed by atoms with Crippen LogP contribution in [0.3, 0.4) is 0 Å². The van der Waals surface area contributed by atoms with Gasteiger partial charge in [-0.05, 0) is 0 Å². The van der Waals surface area contributed by atoms with Crippen molar-refractivity contribution in [1.82, 2.24) is 0 Å². The van der Waals surface area contributed by atoms with E-state index in [-0.39, 0.29) is 61.9 Å². The molecule has 0 nitrogen and oxygen atoms in total. The zero-order valence-electron chi connectivity index (χ0n) is 1.60. The second-order valence-corrected chi connectivity index (χ2v) is 0. The minimum atomic E-state index is 0. The van der Waals surface area contributed by atoms with Crippen LogP contribution in [-0.2, 0) is 37.1 Å². The first-order valence-electron chi connectivity index (χ1n) is 0. The first-order chi connectivity index (χ1) is 0. The second kappa shape index (κ2) is 46.3. The summed E-state index contributed by atoms with van der Waals surface area (Å²) in [5.74, 6) is 0. The molecule has 0 aromatic carbocycles. The van der Waals surface area contributed by atoms with Crippen LogP contribution in [0.2, 0.25) is 0 Å². The van der Waals surface area contributed by atoms with Crippen LogP contribution in [0.25, 0.3) is 0 Å². The molecule has 0 saturated heterocycles. The minimum absolute atomic E-state index is 0. The summed E-state index contributed by atoms with van der Waals surface area (Å²) < 4.78 is 0. The quantitative estimate of drug-likeness (QED) is 0.478. The molecule has 0 fully saturated rings. The summed E-state index contributed by atoms with van der Waals surface area (Å²) in [5, 5.41) is 0. The Morgan fingerprint density at radius 2 is 0.600 bits per heavy atom. The molecule has 0 N–H and O–H groups in total. The maximum atomic E-state index is 0. The van der Waals surface area contributed by atoms with Gasteiger partial charge in [0.1, 0.15) is 0 Å². The molecule has 0 aliphatic rings. The summed E-state index contributed by atoms with van der Waals surface area (Å²) in [6, 6.07) is 0. The van der Waals surface area contributed by atoms with Gasteiger partial charge in [-0.2, -0.15) is 9.90 Å². The summed E-state index contributed by atoms with van der Waals surface area (Å²) >= 11 is 0. The molecule has 0 aromatic rings. The number of hydrogen-bond donors (Lipinski definition) is 0. The minimum Gasteiger partial charge on any atom is -0.153 e. The SMILES string of the molecule is C.C.P.[V].[V]. The van der Waals surface area contributed by atoms with Crippen molar-refractivity contribution in [3.05, 3.63) is 0 Å². The summed E-state index contributed by atoms with van der Waals surface area (Å²) in [4.78, 5) is 0. The first-order valence-corrected chi connectivity index (χ1v) is 0. The third-order valence-electron chi connectivity index (χ3n) is 0. The monoisotopic (exact) mass is 168 g/mol.